The number of hydrogen-bond acceptors (Lipinski definition) is 3. The molecular formula is C13H11N3. The van der Waals surface area contributed by atoms with Crippen molar-refractivity contribution >= 4 is 5.82 Å². The summed E-state index contributed by atoms with van der Waals surface area (Å²) in [4.78, 5) is 4.11. The van der Waals surface area contributed by atoms with E-state index in [0.717, 1.165) is 16.7 Å². The van der Waals surface area contributed by atoms with E-state index in [1.807, 2.05) is 25.1 Å². The van der Waals surface area contributed by atoms with E-state index in [1.165, 1.54) is 0 Å². The van der Waals surface area contributed by atoms with Gasteiger partial charge in [0.15, 0.2) is 0 Å². The lowest BCUT2D eigenvalue weighted by Gasteiger charge is -2.04. The summed E-state index contributed by atoms with van der Waals surface area (Å²) in [5.74, 6) is 0.553. The van der Waals surface area contributed by atoms with Gasteiger partial charge >= 0.3 is 0 Å². The first-order chi connectivity index (χ1) is 7.70. The summed E-state index contributed by atoms with van der Waals surface area (Å²) >= 11 is 0. The number of nitrogen functional groups attached to an aromatic ring is 1. The Bertz CT molecular complexity index is 550. The summed E-state index contributed by atoms with van der Waals surface area (Å²) in [6.07, 6.45) is 1.74. The van der Waals surface area contributed by atoms with Crippen LogP contribution in [0.3, 0.4) is 0 Å². The van der Waals surface area contributed by atoms with Crippen LogP contribution in [0, 0.1) is 18.3 Å². The fourth-order valence-corrected chi connectivity index (χ4v) is 1.48. The Kier molecular flexibility index (Phi) is 2.57. The number of hydrogen-bond donors (Lipinski definition) is 1. The van der Waals surface area contributed by atoms with E-state index in [9.17, 15) is 0 Å². The number of nitrogens with two attached hydrogens (primary N) is 1. The van der Waals surface area contributed by atoms with E-state index in [4.69, 9.17) is 11.0 Å². The summed E-state index contributed by atoms with van der Waals surface area (Å²) in [5, 5.41) is 8.70. The van der Waals surface area contributed by atoms with Gasteiger partial charge in [-0.15, -0.1) is 0 Å². The lowest BCUT2D eigenvalue weighted by atomic mass is 10.0. The van der Waals surface area contributed by atoms with Gasteiger partial charge < -0.3 is 5.73 Å². The van der Waals surface area contributed by atoms with Gasteiger partial charge in [0.2, 0.25) is 0 Å². The monoisotopic (exact) mass is 209 g/mol. The molecule has 2 rings (SSSR count). The minimum absolute atomic E-state index is 0.553. The SMILES string of the molecule is Cc1cc(-c2ccc(C#N)cc2)cnc1N. The van der Waals surface area contributed by atoms with Crippen LogP contribution in [0.1, 0.15) is 11.1 Å². The van der Waals surface area contributed by atoms with Crippen molar-refractivity contribution in [2.75, 3.05) is 5.73 Å². The second kappa shape index (κ2) is 4.03. The lowest BCUT2D eigenvalue weighted by Crippen LogP contribution is -1.93. The molecule has 0 fully saturated rings. The highest BCUT2D eigenvalue weighted by molar-refractivity contribution is 5.65. The van der Waals surface area contributed by atoms with Crippen LogP contribution < -0.4 is 5.73 Å². The Balaban J connectivity index is 2.43. The fraction of sp³-hybridized carbons (Fsp3) is 0.0769. The topological polar surface area (TPSA) is 62.7 Å². The Hall–Kier alpha value is -2.34. The summed E-state index contributed by atoms with van der Waals surface area (Å²) in [6.45, 7) is 1.93. The third kappa shape index (κ3) is 1.86. The smallest absolute Gasteiger partial charge is 0.126 e. The van der Waals surface area contributed by atoms with E-state index < -0.39 is 0 Å². The summed E-state index contributed by atoms with van der Waals surface area (Å²) in [7, 11) is 0. The number of aryl methyl sites for hydroxylation is 1. The van der Waals surface area contributed by atoms with Gasteiger partial charge in [0.05, 0.1) is 11.6 Å². The molecule has 0 spiro atoms. The first-order valence-corrected chi connectivity index (χ1v) is 4.93. The minimum Gasteiger partial charge on any atom is -0.383 e. The first-order valence-electron chi connectivity index (χ1n) is 4.93. The third-order valence-electron chi connectivity index (χ3n) is 2.47. The van der Waals surface area contributed by atoms with Crippen molar-refractivity contribution in [2.24, 2.45) is 0 Å². The Labute approximate surface area is 94.2 Å². The Morgan fingerprint density at radius 3 is 2.44 bits per heavy atom. The molecule has 2 aromatic rings. The van der Waals surface area contributed by atoms with E-state index >= 15 is 0 Å². The van der Waals surface area contributed by atoms with Crippen LogP contribution in [-0.2, 0) is 0 Å². The molecule has 0 bridgehead atoms. The van der Waals surface area contributed by atoms with Gasteiger partial charge in [-0.1, -0.05) is 12.1 Å². The highest BCUT2D eigenvalue weighted by Crippen LogP contribution is 2.21. The van der Waals surface area contributed by atoms with Crippen molar-refractivity contribution < 1.29 is 0 Å². The van der Waals surface area contributed by atoms with Crippen molar-refractivity contribution in [3.8, 4) is 17.2 Å². The van der Waals surface area contributed by atoms with Gasteiger partial charge in [0.25, 0.3) is 0 Å². The quantitative estimate of drug-likeness (QED) is 0.784. The Morgan fingerprint density at radius 2 is 1.88 bits per heavy atom. The minimum atomic E-state index is 0.553. The molecule has 0 radical (unpaired) electrons. The average Bonchev–Trinajstić information content (AvgIpc) is 2.33. The molecule has 2 N–H and O–H groups in total. The predicted molar refractivity (Wildman–Crippen MR) is 63.5 cm³/mol. The highest BCUT2D eigenvalue weighted by atomic mass is 14.8. The average molecular weight is 209 g/mol. The van der Waals surface area contributed by atoms with Crippen molar-refractivity contribution in [2.45, 2.75) is 6.92 Å². The van der Waals surface area contributed by atoms with Gasteiger partial charge in [0.1, 0.15) is 5.82 Å². The molecule has 0 saturated heterocycles. The standard InChI is InChI=1S/C13H11N3/c1-9-6-12(8-16-13(9)15)11-4-2-10(7-14)3-5-11/h2-6,8H,1H3,(H2,15,16). The van der Waals surface area contributed by atoms with Crippen LogP contribution in [0.5, 0.6) is 0 Å². The van der Waals surface area contributed by atoms with Crippen LogP contribution in [0.4, 0.5) is 5.82 Å². The molecule has 0 saturated carbocycles. The van der Waals surface area contributed by atoms with Gasteiger partial charge in [-0.05, 0) is 36.2 Å². The van der Waals surface area contributed by atoms with Gasteiger partial charge in [0, 0.05) is 11.8 Å². The molecule has 0 amide bonds. The third-order valence-corrected chi connectivity index (χ3v) is 2.47. The van der Waals surface area contributed by atoms with Crippen molar-refractivity contribution in [3.63, 3.8) is 0 Å². The molecule has 16 heavy (non-hydrogen) atoms. The molecule has 0 unspecified atom stereocenters. The maximum atomic E-state index is 8.70. The fourth-order valence-electron chi connectivity index (χ4n) is 1.48. The van der Waals surface area contributed by atoms with Gasteiger partial charge in [-0.2, -0.15) is 5.26 Å². The molecule has 3 heteroatoms. The zero-order valence-electron chi connectivity index (χ0n) is 8.94. The summed E-state index contributed by atoms with van der Waals surface area (Å²) in [5.41, 5.74) is 9.32. The maximum Gasteiger partial charge on any atom is 0.126 e. The second-order valence-electron chi connectivity index (χ2n) is 3.62. The molecule has 1 aromatic heterocycles. The number of pyridine rings is 1. The van der Waals surface area contributed by atoms with Gasteiger partial charge in [-0.25, -0.2) is 4.98 Å². The number of benzene rings is 1. The van der Waals surface area contributed by atoms with E-state index in [0.29, 0.717) is 11.4 Å². The molecule has 1 aromatic carbocycles. The molecular weight excluding hydrogens is 198 g/mol. The largest absolute Gasteiger partial charge is 0.383 e. The Morgan fingerprint density at radius 1 is 1.19 bits per heavy atom. The molecule has 0 aliphatic carbocycles. The molecule has 0 aliphatic rings. The molecule has 1 heterocycles. The summed E-state index contributed by atoms with van der Waals surface area (Å²) in [6, 6.07) is 11.5. The van der Waals surface area contributed by atoms with Crippen LogP contribution in [0.15, 0.2) is 36.5 Å². The first kappa shape index (κ1) is 10.2. The number of rotatable bonds is 1. The van der Waals surface area contributed by atoms with Crippen LogP contribution in [-0.4, -0.2) is 4.98 Å². The lowest BCUT2D eigenvalue weighted by molar-refractivity contribution is 1.28. The number of nitriles is 1. The summed E-state index contributed by atoms with van der Waals surface area (Å²) < 4.78 is 0. The maximum absolute atomic E-state index is 8.70. The van der Waals surface area contributed by atoms with E-state index in [1.54, 1.807) is 18.3 Å². The number of nitrogens with zero attached hydrogens (tertiary/aromatic N) is 2. The van der Waals surface area contributed by atoms with Crippen molar-refractivity contribution in [1.82, 2.24) is 4.98 Å². The molecule has 3 nitrogen and oxygen atoms in total. The van der Waals surface area contributed by atoms with Crippen molar-refractivity contribution in [1.29, 1.82) is 5.26 Å². The normalized spacial score (nSPS) is 9.75. The second-order valence-corrected chi connectivity index (χ2v) is 3.62. The van der Waals surface area contributed by atoms with Crippen molar-refractivity contribution in [3.05, 3.63) is 47.7 Å². The van der Waals surface area contributed by atoms with Crippen LogP contribution in [0.2, 0.25) is 0 Å². The number of anilines is 1. The zero-order valence-corrected chi connectivity index (χ0v) is 8.94. The highest BCUT2D eigenvalue weighted by Gasteiger charge is 2.01. The van der Waals surface area contributed by atoms with E-state index in [2.05, 4.69) is 11.1 Å². The van der Waals surface area contributed by atoms with Crippen LogP contribution in [0.25, 0.3) is 11.1 Å². The van der Waals surface area contributed by atoms with Gasteiger partial charge in [-0.3, -0.25) is 0 Å². The molecule has 0 atom stereocenters. The van der Waals surface area contributed by atoms with E-state index in [-0.39, 0.29) is 0 Å². The molecule has 78 valence electrons. The predicted octanol–water partition coefficient (Wildman–Crippen LogP) is 2.51. The number of aromatic nitrogens is 1. The molecule has 0 aliphatic heterocycles. The van der Waals surface area contributed by atoms with Crippen LogP contribution >= 0.6 is 0 Å². The zero-order chi connectivity index (χ0) is 11.5.